The molecule has 11 heteroatoms. The van der Waals surface area contributed by atoms with Crippen LogP contribution in [0.2, 0.25) is 0 Å². The Bertz CT molecular complexity index is 1120. The van der Waals surface area contributed by atoms with Crippen LogP contribution in [-0.2, 0) is 19.5 Å². The molecule has 10 nitrogen and oxygen atoms in total. The number of amides is 2. The van der Waals surface area contributed by atoms with Gasteiger partial charge in [-0.15, -0.1) is 0 Å². The molecule has 2 amide bonds. The second kappa shape index (κ2) is 11.8. The number of ether oxygens (including phenoxy) is 3. The molecular weight excluding hydrogens is 462 g/mol. The minimum atomic E-state index is -3.87. The molecule has 2 aromatic carbocycles. The van der Waals surface area contributed by atoms with Crippen LogP contribution in [0.5, 0.6) is 5.75 Å². The van der Waals surface area contributed by atoms with Gasteiger partial charge in [-0.1, -0.05) is 18.9 Å². The lowest BCUT2D eigenvalue weighted by molar-refractivity contribution is 0.102. The van der Waals surface area contributed by atoms with E-state index in [0.717, 1.165) is 25.7 Å². The molecule has 0 saturated heterocycles. The molecular formula is C23H29N3O7S. The number of carbonyl (C=O) groups is 2. The average Bonchev–Trinajstić information content (AvgIpc) is 3.31. The fraction of sp³-hybridized carbons (Fsp3) is 0.391. The Kier molecular flexibility index (Phi) is 8.85. The zero-order valence-corrected chi connectivity index (χ0v) is 19.9. The van der Waals surface area contributed by atoms with Crippen molar-refractivity contribution in [2.45, 2.75) is 36.6 Å². The summed E-state index contributed by atoms with van der Waals surface area (Å²) in [7, 11) is -0.992. The van der Waals surface area contributed by atoms with Crippen LogP contribution in [0.1, 0.15) is 36.0 Å². The number of anilines is 2. The molecule has 0 aromatic heterocycles. The largest absolute Gasteiger partial charge is 0.495 e. The monoisotopic (exact) mass is 491 g/mol. The lowest BCUT2D eigenvalue weighted by Crippen LogP contribution is -2.33. The number of hydrogen-bond acceptors (Lipinski definition) is 7. The van der Waals surface area contributed by atoms with Crippen molar-refractivity contribution in [3.05, 3.63) is 48.0 Å². The molecule has 3 rings (SSSR count). The van der Waals surface area contributed by atoms with Gasteiger partial charge in [0, 0.05) is 30.1 Å². The minimum absolute atomic E-state index is 0.0937. The fourth-order valence-electron chi connectivity index (χ4n) is 3.60. The first-order valence-corrected chi connectivity index (χ1v) is 12.3. The fourth-order valence-corrected chi connectivity index (χ4v) is 5.10. The van der Waals surface area contributed by atoms with E-state index < -0.39 is 22.0 Å². The number of rotatable bonds is 10. The molecule has 3 N–H and O–H groups in total. The van der Waals surface area contributed by atoms with Gasteiger partial charge in [0.2, 0.25) is 10.0 Å². The van der Waals surface area contributed by atoms with E-state index in [1.165, 1.54) is 32.4 Å². The Balaban J connectivity index is 1.72. The number of hydrogen-bond donors (Lipinski definition) is 3. The van der Waals surface area contributed by atoms with Gasteiger partial charge in [-0.25, -0.2) is 17.9 Å². The summed E-state index contributed by atoms with van der Waals surface area (Å²) in [6.45, 7) is 0.385. The van der Waals surface area contributed by atoms with Crippen LogP contribution in [0.15, 0.2) is 47.4 Å². The second-order valence-electron chi connectivity index (χ2n) is 7.76. The highest BCUT2D eigenvalue weighted by Gasteiger charge is 2.26. The molecule has 0 bridgehead atoms. The molecule has 1 fully saturated rings. The summed E-state index contributed by atoms with van der Waals surface area (Å²) in [5.74, 6) is -0.361. The molecule has 1 saturated carbocycles. The first-order chi connectivity index (χ1) is 16.3. The highest BCUT2D eigenvalue weighted by atomic mass is 32.2. The molecule has 0 heterocycles. The maximum absolute atomic E-state index is 13.0. The van der Waals surface area contributed by atoms with Gasteiger partial charge in [-0.3, -0.25) is 10.1 Å². The normalized spacial score (nSPS) is 13.9. The number of sulfonamides is 1. The van der Waals surface area contributed by atoms with E-state index >= 15 is 0 Å². The lowest BCUT2D eigenvalue weighted by atomic mass is 10.2. The van der Waals surface area contributed by atoms with E-state index in [9.17, 15) is 18.0 Å². The Hall–Kier alpha value is -3.15. The van der Waals surface area contributed by atoms with Crippen molar-refractivity contribution in [1.29, 1.82) is 0 Å². The number of nitrogens with one attached hydrogen (secondary N) is 3. The van der Waals surface area contributed by atoms with Crippen molar-refractivity contribution in [3.63, 3.8) is 0 Å². The third-order valence-electron chi connectivity index (χ3n) is 5.28. The molecule has 34 heavy (non-hydrogen) atoms. The number of methoxy groups -OCH3 is 2. The quantitative estimate of drug-likeness (QED) is 0.434. The first-order valence-electron chi connectivity index (χ1n) is 10.9. The highest BCUT2D eigenvalue weighted by Crippen LogP contribution is 2.28. The van der Waals surface area contributed by atoms with Crippen LogP contribution in [0.25, 0.3) is 0 Å². The van der Waals surface area contributed by atoms with E-state index in [1.807, 2.05) is 0 Å². The summed E-state index contributed by atoms with van der Waals surface area (Å²) in [6.07, 6.45) is 2.87. The van der Waals surface area contributed by atoms with Gasteiger partial charge < -0.3 is 19.5 Å². The summed E-state index contributed by atoms with van der Waals surface area (Å²) in [5.41, 5.74) is 0.966. The van der Waals surface area contributed by atoms with Gasteiger partial charge in [-0.05, 0) is 49.2 Å². The SMILES string of the molecule is COCCOC(=O)Nc1cccc(NC(=O)c2ccc(OC)c(S(=O)(=O)NC3CCCC3)c2)c1. The van der Waals surface area contributed by atoms with Gasteiger partial charge in [0.05, 0.1) is 13.7 Å². The summed E-state index contributed by atoms with van der Waals surface area (Å²) in [5, 5.41) is 5.27. The summed E-state index contributed by atoms with van der Waals surface area (Å²) in [4.78, 5) is 24.6. The molecule has 0 aliphatic heterocycles. The Morgan fingerprint density at radius 1 is 0.971 bits per heavy atom. The smallest absolute Gasteiger partial charge is 0.411 e. The Labute approximate surface area is 199 Å². The van der Waals surface area contributed by atoms with Crippen molar-refractivity contribution in [3.8, 4) is 5.75 Å². The van der Waals surface area contributed by atoms with E-state index in [1.54, 1.807) is 24.3 Å². The summed E-state index contributed by atoms with van der Waals surface area (Å²) < 4.78 is 43.6. The van der Waals surface area contributed by atoms with Gasteiger partial charge in [0.15, 0.2) is 0 Å². The van der Waals surface area contributed by atoms with Crippen LogP contribution < -0.4 is 20.1 Å². The van der Waals surface area contributed by atoms with E-state index in [4.69, 9.17) is 14.2 Å². The standard InChI is InChI=1S/C23H29N3O7S/c1-31-12-13-33-23(28)25-19-9-5-8-18(15-19)24-22(27)16-10-11-20(32-2)21(14-16)34(29,30)26-17-6-3-4-7-17/h5,8-11,14-15,17,26H,3-4,6-7,12-13H2,1-2H3,(H,24,27)(H,25,28). The number of carbonyl (C=O) groups excluding carboxylic acids is 2. The maximum atomic E-state index is 13.0. The van der Waals surface area contributed by atoms with Crippen molar-refractivity contribution in [2.24, 2.45) is 0 Å². The number of benzene rings is 2. The van der Waals surface area contributed by atoms with Crippen LogP contribution in [-0.4, -0.2) is 53.9 Å². The van der Waals surface area contributed by atoms with Gasteiger partial charge >= 0.3 is 6.09 Å². The predicted octanol–water partition coefficient (Wildman–Crippen LogP) is 3.36. The van der Waals surface area contributed by atoms with E-state index in [2.05, 4.69) is 15.4 Å². The molecule has 1 aliphatic rings. The average molecular weight is 492 g/mol. The van der Waals surface area contributed by atoms with Crippen molar-refractivity contribution in [2.75, 3.05) is 38.1 Å². The Morgan fingerprint density at radius 2 is 1.68 bits per heavy atom. The summed E-state index contributed by atoms with van der Waals surface area (Å²) >= 11 is 0. The molecule has 0 radical (unpaired) electrons. The van der Waals surface area contributed by atoms with Crippen LogP contribution >= 0.6 is 0 Å². The zero-order valence-electron chi connectivity index (χ0n) is 19.1. The van der Waals surface area contributed by atoms with Crippen molar-refractivity contribution >= 4 is 33.4 Å². The zero-order chi connectivity index (χ0) is 24.6. The van der Waals surface area contributed by atoms with Crippen molar-refractivity contribution < 1.29 is 32.2 Å². The van der Waals surface area contributed by atoms with Gasteiger partial charge in [0.25, 0.3) is 5.91 Å². The molecule has 0 unspecified atom stereocenters. The van der Waals surface area contributed by atoms with Gasteiger partial charge in [0.1, 0.15) is 17.3 Å². The summed E-state index contributed by atoms with van der Waals surface area (Å²) in [6, 6.07) is 10.6. The van der Waals surface area contributed by atoms with Gasteiger partial charge in [-0.2, -0.15) is 0 Å². The van der Waals surface area contributed by atoms with E-state index in [0.29, 0.717) is 11.4 Å². The predicted molar refractivity (Wildman–Crippen MR) is 127 cm³/mol. The maximum Gasteiger partial charge on any atom is 0.411 e. The molecule has 0 atom stereocenters. The van der Waals surface area contributed by atoms with Crippen LogP contribution in [0.4, 0.5) is 16.2 Å². The van der Waals surface area contributed by atoms with Crippen molar-refractivity contribution in [1.82, 2.24) is 4.72 Å². The highest BCUT2D eigenvalue weighted by molar-refractivity contribution is 7.89. The third-order valence-corrected chi connectivity index (χ3v) is 6.82. The molecule has 2 aromatic rings. The first kappa shape index (κ1) is 25.5. The molecule has 1 aliphatic carbocycles. The third kappa shape index (κ3) is 6.92. The Morgan fingerprint density at radius 3 is 2.35 bits per heavy atom. The topological polar surface area (TPSA) is 132 Å². The second-order valence-corrected chi connectivity index (χ2v) is 9.44. The minimum Gasteiger partial charge on any atom is -0.495 e. The molecule has 184 valence electrons. The van der Waals surface area contributed by atoms with Crippen LogP contribution in [0.3, 0.4) is 0 Å². The van der Waals surface area contributed by atoms with Crippen LogP contribution in [0, 0.1) is 0 Å². The lowest BCUT2D eigenvalue weighted by Gasteiger charge is -2.16. The molecule has 0 spiro atoms. The van der Waals surface area contributed by atoms with E-state index in [-0.39, 0.29) is 35.5 Å².